The molecule has 0 nitrogen and oxygen atoms in total. The zero-order chi connectivity index (χ0) is 14.0. The maximum Gasteiger partial charge on any atom is -0.00633 e. The minimum atomic E-state index is 0.749. The number of hydrogen-bond donors (Lipinski definition) is 1. The van der Waals surface area contributed by atoms with Crippen molar-refractivity contribution in [2.24, 2.45) is 34.5 Å². The van der Waals surface area contributed by atoms with Gasteiger partial charge in [0.25, 0.3) is 0 Å². The van der Waals surface area contributed by atoms with Crippen LogP contribution in [0.15, 0.2) is 17.9 Å². The van der Waals surface area contributed by atoms with Crippen molar-refractivity contribution in [3.05, 3.63) is 17.9 Å². The van der Waals surface area contributed by atoms with Crippen molar-refractivity contribution in [2.75, 3.05) is 5.75 Å². The maximum absolute atomic E-state index is 4.43. The van der Waals surface area contributed by atoms with Crippen LogP contribution in [-0.2, 0) is 0 Å². The molecule has 0 aliphatic heterocycles. The van der Waals surface area contributed by atoms with Crippen molar-refractivity contribution >= 4 is 12.6 Å². The summed E-state index contributed by atoms with van der Waals surface area (Å²) in [7, 11) is 0. The molecule has 0 aromatic carbocycles. The van der Waals surface area contributed by atoms with Gasteiger partial charge in [-0.3, -0.25) is 0 Å². The molecule has 0 heterocycles. The summed E-state index contributed by atoms with van der Waals surface area (Å²) in [5.41, 5.74) is 6.28. The van der Waals surface area contributed by atoms with Gasteiger partial charge in [0.2, 0.25) is 0 Å². The summed E-state index contributed by atoms with van der Waals surface area (Å²) >= 11 is 4.43. The average molecular weight is 288 g/mol. The first-order chi connectivity index (χ1) is 9.64. The van der Waals surface area contributed by atoms with Crippen molar-refractivity contribution in [1.29, 1.82) is 0 Å². The quantitative estimate of drug-likeness (QED) is 0.500. The first-order valence-electron chi connectivity index (χ1n) is 8.64. The largest absolute Gasteiger partial charge is 0.179 e. The SMILES string of the molecule is C=C=C(CCCC12CCC3CC(C1)[C@@]32C)C1CC1CS. The smallest absolute Gasteiger partial charge is 0.00633 e. The Bertz CT molecular complexity index is 470. The van der Waals surface area contributed by atoms with Gasteiger partial charge in [0.1, 0.15) is 0 Å². The molecular formula is C19H28S. The van der Waals surface area contributed by atoms with Crippen LogP contribution in [0.5, 0.6) is 0 Å². The van der Waals surface area contributed by atoms with Crippen molar-refractivity contribution < 1.29 is 0 Å². The Balaban J connectivity index is 1.33. The molecule has 4 aliphatic carbocycles. The highest BCUT2D eigenvalue weighted by Gasteiger charge is 2.73. The van der Waals surface area contributed by atoms with E-state index >= 15 is 0 Å². The molecule has 4 saturated carbocycles. The molecule has 1 heteroatoms. The summed E-state index contributed by atoms with van der Waals surface area (Å²) in [5, 5.41) is 0. The second-order valence-electron chi connectivity index (χ2n) is 8.28. The minimum absolute atomic E-state index is 0.749. The first kappa shape index (κ1) is 13.5. The summed E-state index contributed by atoms with van der Waals surface area (Å²) in [4.78, 5) is 0. The summed E-state index contributed by atoms with van der Waals surface area (Å²) in [6.45, 7) is 6.55. The highest BCUT2D eigenvalue weighted by atomic mass is 32.1. The lowest BCUT2D eigenvalue weighted by Gasteiger charge is -2.70. The molecule has 4 rings (SSSR count). The molecule has 110 valence electrons. The normalized spacial score (nSPS) is 50.7. The van der Waals surface area contributed by atoms with E-state index in [0.29, 0.717) is 0 Å². The lowest BCUT2D eigenvalue weighted by atomic mass is 9.34. The molecule has 0 aromatic rings. The molecule has 4 aliphatic rings. The van der Waals surface area contributed by atoms with E-state index in [4.69, 9.17) is 0 Å². The average Bonchev–Trinajstić information content (AvgIpc) is 3.24. The van der Waals surface area contributed by atoms with Crippen molar-refractivity contribution in [3.8, 4) is 0 Å². The van der Waals surface area contributed by atoms with Gasteiger partial charge in [0, 0.05) is 0 Å². The molecule has 0 bridgehead atoms. The zero-order valence-corrected chi connectivity index (χ0v) is 13.7. The van der Waals surface area contributed by atoms with E-state index in [1.54, 1.807) is 12.8 Å². The molecule has 5 unspecified atom stereocenters. The lowest BCUT2D eigenvalue weighted by Crippen LogP contribution is -2.63. The number of thiol groups is 1. The first-order valence-corrected chi connectivity index (χ1v) is 9.27. The molecular weight excluding hydrogens is 260 g/mol. The third-order valence-corrected chi connectivity index (χ3v) is 8.42. The molecule has 0 saturated heterocycles. The fraction of sp³-hybridized carbons (Fsp3) is 0.842. The van der Waals surface area contributed by atoms with Gasteiger partial charge in [-0.1, -0.05) is 13.5 Å². The van der Waals surface area contributed by atoms with Gasteiger partial charge in [-0.15, -0.1) is 5.73 Å². The summed E-state index contributed by atoms with van der Waals surface area (Å²) in [6, 6.07) is 0. The van der Waals surface area contributed by atoms with Crippen molar-refractivity contribution in [3.63, 3.8) is 0 Å². The van der Waals surface area contributed by atoms with Crippen LogP contribution >= 0.6 is 12.6 Å². The Labute approximate surface area is 129 Å². The number of allylic oxidation sites excluding steroid dienone is 1. The third-order valence-electron chi connectivity index (χ3n) is 7.95. The van der Waals surface area contributed by atoms with Crippen LogP contribution in [0.3, 0.4) is 0 Å². The van der Waals surface area contributed by atoms with Gasteiger partial charge < -0.3 is 0 Å². The second kappa shape index (κ2) is 4.43. The van der Waals surface area contributed by atoms with E-state index in [1.165, 1.54) is 44.1 Å². The highest BCUT2D eigenvalue weighted by Crippen LogP contribution is 2.81. The Morgan fingerprint density at radius 1 is 1.35 bits per heavy atom. The minimum Gasteiger partial charge on any atom is -0.179 e. The van der Waals surface area contributed by atoms with E-state index in [-0.39, 0.29) is 0 Å². The van der Waals surface area contributed by atoms with E-state index in [1.807, 2.05) is 0 Å². The second-order valence-corrected chi connectivity index (χ2v) is 8.64. The summed E-state index contributed by atoms with van der Waals surface area (Å²) < 4.78 is 0. The van der Waals surface area contributed by atoms with Gasteiger partial charge in [-0.05, 0) is 97.2 Å². The van der Waals surface area contributed by atoms with E-state index in [0.717, 1.165) is 40.3 Å². The lowest BCUT2D eigenvalue weighted by molar-refractivity contribution is -0.213. The number of rotatable bonds is 6. The Hall–Kier alpha value is -0.130. The van der Waals surface area contributed by atoms with E-state index in [9.17, 15) is 0 Å². The molecule has 0 amide bonds. The zero-order valence-electron chi connectivity index (χ0n) is 12.8. The van der Waals surface area contributed by atoms with Crippen LogP contribution < -0.4 is 0 Å². The predicted molar refractivity (Wildman–Crippen MR) is 87.9 cm³/mol. The van der Waals surface area contributed by atoms with Crippen molar-refractivity contribution in [1.82, 2.24) is 0 Å². The monoisotopic (exact) mass is 288 g/mol. The fourth-order valence-corrected chi connectivity index (χ4v) is 6.77. The van der Waals surface area contributed by atoms with Crippen LogP contribution in [0.1, 0.15) is 58.3 Å². The Morgan fingerprint density at radius 3 is 2.85 bits per heavy atom. The Morgan fingerprint density at radius 2 is 2.20 bits per heavy atom. The van der Waals surface area contributed by atoms with Gasteiger partial charge in [-0.25, -0.2) is 0 Å². The Kier molecular flexibility index (Phi) is 3.00. The molecule has 0 N–H and O–H groups in total. The van der Waals surface area contributed by atoms with Crippen LogP contribution in [0.25, 0.3) is 0 Å². The molecule has 4 fully saturated rings. The van der Waals surface area contributed by atoms with Crippen LogP contribution in [0, 0.1) is 34.5 Å². The topological polar surface area (TPSA) is 0 Å². The maximum atomic E-state index is 4.43. The van der Waals surface area contributed by atoms with Crippen LogP contribution in [0.2, 0.25) is 0 Å². The highest BCUT2D eigenvalue weighted by molar-refractivity contribution is 7.80. The van der Waals surface area contributed by atoms with E-state index < -0.39 is 0 Å². The van der Waals surface area contributed by atoms with Gasteiger partial charge in [0.15, 0.2) is 0 Å². The molecule has 6 atom stereocenters. The molecule has 0 radical (unpaired) electrons. The molecule has 0 aromatic heterocycles. The standard InChI is InChI=1S/C19H28S/c1-3-13(17-9-14(17)12-20)5-4-7-19-8-6-15-10-16(11-19)18(15,19)2/h14-17,20H,1,4-12H2,2H3/t14?,15?,16?,17?,18-,19?/m1/s1. The van der Waals surface area contributed by atoms with Crippen LogP contribution in [0.4, 0.5) is 0 Å². The van der Waals surface area contributed by atoms with E-state index in [2.05, 4.69) is 31.9 Å². The van der Waals surface area contributed by atoms with Gasteiger partial charge in [-0.2, -0.15) is 12.6 Å². The van der Waals surface area contributed by atoms with Gasteiger partial charge >= 0.3 is 0 Å². The molecule has 20 heavy (non-hydrogen) atoms. The van der Waals surface area contributed by atoms with Crippen molar-refractivity contribution in [2.45, 2.75) is 58.3 Å². The molecule has 0 spiro atoms. The third kappa shape index (κ3) is 1.57. The predicted octanol–water partition coefficient (Wildman–Crippen LogP) is 5.26. The fourth-order valence-electron chi connectivity index (χ4n) is 6.36. The summed E-state index contributed by atoms with van der Waals surface area (Å²) in [5.74, 6) is 4.84. The van der Waals surface area contributed by atoms with Gasteiger partial charge in [0.05, 0.1) is 0 Å². The summed E-state index contributed by atoms with van der Waals surface area (Å²) in [6.07, 6.45) is 11.6. The van der Waals surface area contributed by atoms with Crippen LogP contribution in [-0.4, -0.2) is 5.75 Å². The number of hydrogen-bond acceptors (Lipinski definition) is 1.